The molecule has 0 radical (unpaired) electrons. The van der Waals surface area contributed by atoms with Gasteiger partial charge in [0.2, 0.25) is 0 Å². The van der Waals surface area contributed by atoms with Crippen LogP contribution in [0.4, 0.5) is 0 Å². The lowest BCUT2D eigenvalue weighted by atomic mass is 10.1. The minimum absolute atomic E-state index is 0.154. The van der Waals surface area contributed by atoms with Crippen molar-refractivity contribution in [3.05, 3.63) is 12.3 Å². The van der Waals surface area contributed by atoms with Gasteiger partial charge in [0.1, 0.15) is 5.92 Å². The van der Waals surface area contributed by atoms with E-state index in [0.29, 0.717) is 6.61 Å². The Bertz CT molecular complexity index is 140. The Morgan fingerprint density at radius 1 is 1.80 bits per heavy atom. The van der Waals surface area contributed by atoms with Crippen molar-refractivity contribution < 1.29 is 14.6 Å². The summed E-state index contributed by atoms with van der Waals surface area (Å²) >= 11 is 0. The second-order valence-electron chi connectivity index (χ2n) is 1.97. The van der Waals surface area contributed by atoms with Crippen LogP contribution in [0.2, 0.25) is 0 Å². The van der Waals surface area contributed by atoms with E-state index in [9.17, 15) is 4.79 Å². The Morgan fingerprint density at radius 2 is 2.30 bits per heavy atom. The zero-order valence-electron chi connectivity index (χ0n) is 6.26. The maximum absolute atomic E-state index is 10.7. The van der Waals surface area contributed by atoms with E-state index in [0.717, 1.165) is 0 Å². The summed E-state index contributed by atoms with van der Waals surface area (Å²) in [5, 5.41) is 8.72. The summed E-state index contributed by atoms with van der Waals surface area (Å²) in [6.07, 6.45) is 0. The topological polar surface area (TPSA) is 46.5 Å². The van der Waals surface area contributed by atoms with Gasteiger partial charge in [0.25, 0.3) is 0 Å². The second-order valence-corrected chi connectivity index (χ2v) is 1.97. The molecule has 58 valence electrons. The Labute approximate surface area is 60.3 Å². The summed E-state index contributed by atoms with van der Waals surface area (Å²) in [5.41, 5.74) is 0. The number of ether oxygens (including phenoxy) is 1. The van der Waals surface area contributed by atoms with E-state index in [2.05, 4.69) is 11.3 Å². The van der Waals surface area contributed by atoms with Crippen LogP contribution in [-0.4, -0.2) is 17.7 Å². The Morgan fingerprint density at radius 3 is 2.60 bits per heavy atom. The van der Waals surface area contributed by atoms with Crippen molar-refractivity contribution in [3.8, 4) is 0 Å². The standard InChI is InChI=1S/C7H12O3/c1-4-10-7(9)5(2)6(3)8/h5,8H,3-4H2,1-2H3. The van der Waals surface area contributed by atoms with Crippen LogP contribution in [0.15, 0.2) is 12.3 Å². The maximum Gasteiger partial charge on any atom is 0.316 e. The number of carbonyl (C=O) groups is 1. The molecule has 0 aromatic rings. The molecule has 10 heavy (non-hydrogen) atoms. The highest BCUT2D eigenvalue weighted by Gasteiger charge is 2.15. The largest absolute Gasteiger partial charge is 0.512 e. The van der Waals surface area contributed by atoms with Gasteiger partial charge in [-0.2, -0.15) is 0 Å². The molecule has 0 aliphatic heterocycles. The van der Waals surface area contributed by atoms with E-state index in [1.165, 1.54) is 0 Å². The monoisotopic (exact) mass is 144 g/mol. The van der Waals surface area contributed by atoms with Gasteiger partial charge in [0.15, 0.2) is 0 Å². The number of carbonyl (C=O) groups excluding carboxylic acids is 1. The van der Waals surface area contributed by atoms with Gasteiger partial charge < -0.3 is 9.84 Å². The van der Waals surface area contributed by atoms with Crippen molar-refractivity contribution in [2.45, 2.75) is 13.8 Å². The zero-order chi connectivity index (χ0) is 8.15. The third-order valence-corrected chi connectivity index (χ3v) is 1.14. The van der Waals surface area contributed by atoms with Gasteiger partial charge in [0.05, 0.1) is 12.4 Å². The SMILES string of the molecule is C=C(O)C(C)C(=O)OCC. The molecule has 0 rings (SSSR count). The van der Waals surface area contributed by atoms with E-state index >= 15 is 0 Å². The van der Waals surface area contributed by atoms with E-state index in [1.54, 1.807) is 13.8 Å². The van der Waals surface area contributed by atoms with E-state index in [-0.39, 0.29) is 5.76 Å². The summed E-state index contributed by atoms with van der Waals surface area (Å²) in [5.74, 6) is -1.20. The van der Waals surface area contributed by atoms with Crippen molar-refractivity contribution >= 4 is 5.97 Å². The van der Waals surface area contributed by atoms with Gasteiger partial charge in [-0.1, -0.05) is 6.58 Å². The summed E-state index contributed by atoms with van der Waals surface area (Å²) in [7, 11) is 0. The van der Waals surface area contributed by atoms with Gasteiger partial charge in [-0.15, -0.1) is 0 Å². The first-order valence-corrected chi connectivity index (χ1v) is 3.14. The molecule has 0 aromatic carbocycles. The smallest absolute Gasteiger partial charge is 0.316 e. The molecule has 0 heterocycles. The molecule has 0 aliphatic rings. The number of esters is 1. The maximum atomic E-state index is 10.7. The number of aliphatic hydroxyl groups excluding tert-OH is 1. The molecule has 1 atom stereocenters. The molecule has 1 N–H and O–H groups in total. The first-order valence-electron chi connectivity index (χ1n) is 3.14. The molecule has 0 spiro atoms. The highest BCUT2D eigenvalue weighted by molar-refractivity contribution is 5.74. The molecule has 0 aliphatic carbocycles. The molecule has 0 fully saturated rings. The van der Waals surface area contributed by atoms with Crippen molar-refractivity contribution in [3.63, 3.8) is 0 Å². The predicted molar refractivity (Wildman–Crippen MR) is 37.6 cm³/mol. The molecule has 0 saturated carbocycles. The normalized spacial score (nSPS) is 12.2. The number of hydrogen-bond donors (Lipinski definition) is 1. The van der Waals surface area contributed by atoms with Gasteiger partial charge >= 0.3 is 5.97 Å². The average Bonchev–Trinajstić information content (AvgIpc) is 1.87. The minimum atomic E-state index is -0.611. The number of rotatable bonds is 3. The first kappa shape index (κ1) is 9.01. The molecule has 0 aromatic heterocycles. The number of aliphatic hydroxyl groups is 1. The molecule has 0 amide bonds. The first-order chi connectivity index (χ1) is 4.59. The van der Waals surface area contributed by atoms with Gasteiger partial charge in [-0.25, -0.2) is 0 Å². The fraction of sp³-hybridized carbons (Fsp3) is 0.571. The Kier molecular flexibility index (Phi) is 3.54. The third kappa shape index (κ3) is 2.53. The highest BCUT2D eigenvalue weighted by atomic mass is 16.5. The van der Waals surface area contributed by atoms with Crippen LogP contribution in [0.1, 0.15) is 13.8 Å². The summed E-state index contributed by atoms with van der Waals surface area (Å²) in [6, 6.07) is 0. The molecular weight excluding hydrogens is 132 g/mol. The second kappa shape index (κ2) is 3.93. The Hall–Kier alpha value is -0.990. The fourth-order valence-electron chi connectivity index (χ4n) is 0.403. The van der Waals surface area contributed by atoms with Crippen LogP contribution >= 0.6 is 0 Å². The van der Waals surface area contributed by atoms with Crippen LogP contribution in [-0.2, 0) is 9.53 Å². The van der Waals surface area contributed by atoms with E-state index in [1.807, 2.05) is 0 Å². The van der Waals surface area contributed by atoms with Crippen LogP contribution in [0.25, 0.3) is 0 Å². The molecule has 0 saturated heterocycles. The van der Waals surface area contributed by atoms with Crippen LogP contribution in [0.5, 0.6) is 0 Å². The summed E-state index contributed by atoms with van der Waals surface area (Å²) in [4.78, 5) is 10.7. The average molecular weight is 144 g/mol. The van der Waals surface area contributed by atoms with Gasteiger partial charge in [0, 0.05) is 0 Å². The zero-order valence-corrected chi connectivity index (χ0v) is 6.26. The van der Waals surface area contributed by atoms with Crippen LogP contribution in [0, 0.1) is 5.92 Å². The molecule has 3 heteroatoms. The van der Waals surface area contributed by atoms with Crippen LogP contribution < -0.4 is 0 Å². The van der Waals surface area contributed by atoms with Gasteiger partial charge in [-0.05, 0) is 13.8 Å². The lowest BCUT2D eigenvalue weighted by Gasteiger charge is -2.07. The summed E-state index contributed by atoms with van der Waals surface area (Å²) in [6.45, 7) is 6.80. The van der Waals surface area contributed by atoms with E-state index in [4.69, 9.17) is 5.11 Å². The van der Waals surface area contributed by atoms with Gasteiger partial charge in [-0.3, -0.25) is 4.79 Å². The predicted octanol–water partition coefficient (Wildman–Crippen LogP) is 1.26. The third-order valence-electron chi connectivity index (χ3n) is 1.14. The molecule has 3 nitrogen and oxygen atoms in total. The van der Waals surface area contributed by atoms with Crippen molar-refractivity contribution in [2.75, 3.05) is 6.61 Å². The summed E-state index contributed by atoms with van der Waals surface area (Å²) < 4.78 is 4.61. The Balaban J connectivity index is 3.82. The molecule has 0 bridgehead atoms. The lowest BCUT2D eigenvalue weighted by Crippen LogP contribution is -2.15. The lowest BCUT2D eigenvalue weighted by molar-refractivity contribution is -0.146. The van der Waals surface area contributed by atoms with E-state index < -0.39 is 11.9 Å². The van der Waals surface area contributed by atoms with Crippen molar-refractivity contribution in [2.24, 2.45) is 5.92 Å². The highest BCUT2D eigenvalue weighted by Crippen LogP contribution is 2.05. The van der Waals surface area contributed by atoms with Crippen molar-refractivity contribution in [1.29, 1.82) is 0 Å². The quantitative estimate of drug-likeness (QED) is 0.479. The minimum Gasteiger partial charge on any atom is -0.512 e. The van der Waals surface area contributed by atoms with Crippen LogP contribution in [0.3, 0.4) is 0 Å². The van der Waals surface area contributed by atoms with Crippen molar-refractivity contribution in [1.82, 2.24) is 0 Å². The molecular formula is C7H12O3. The number of hydrogen-bond acceptors (Lipinski definition) is 3. The molecule has 1 unspecified atom stereocenters. The fourth-order valence-corrected chi connectivity index (χ4v) is 0.403.